The van der Waals surface area contributed by atoms with E-state index in [2.05, 4.69) is 80.0 Å². The van der Waals surface area contributed by atoms with Crippen LogP contribution in [-0.2, 0) is 5.41 Å². The van der Waals surface area contributed by atoms with Crippen LogP contribution in [0.25, 0.3) is 22.2 Å². The first-order valence-corrected chi connectivity index (χ1v) is 14.1. The number of anilines is 1. The van der Waals surface area contributed by atoms with Gasteiger partial charge in [0.15, 0.2) is 0 Å². The number of ether oxygens (including phenoxy) is 1. The fraction of sp³-hybridized carbons (Fsp3) is 0.312. The van der Waals surface area contributed by atoms with E-state index < -0.39 is 0 Å². The number of nitrogens with zero attached hydrogens (tertiary/aromatic N) is 3. The molecule has 2 fully saturated rings. The van der Waals surface area contributed by atoms with Crippen molar-refractivity contribution in [2.45, 2.75) is 37.5 Å². The highest BCUT2D eigenvalue weighted by Crippen LogP contribution is 2.40. The summed E-state index contributed by atoms with van der Waals surface area (Å²) in [4.78, 5) is 11.3. The van der Waals surface area contributed by atoms with Gasteiger partial charge < -0.3 is 19.9 Å². The number of hydrogen-bond donors (Lipinski definition) is 3. The van der Waals surface area contributed by atoms with Gasteiger partial charge in [-0.2, -0.15) is 5.10 Å². The first kappa shape index (κ1) is 24.0. The fourth-order valence-corrected chi connectivity index (χ4v) is 6.22. The van der Waals surface area contributed by atoms with Gasteiger partial charge in [-0.15, -0.1) is 0 Å². The van der Waals surface area contributed by atoms with Crippen LogP contribution in [0.15, 0.2) is 79.1 Å². The molecule has 7 nitrogen and oxygen atoms in total. The molecule has 2 aromatic heterocycles. The molecule has 0 radical (unpaired) electrons. The van der Waals surface area contributed by atoms with Crippen LogP contribution in [0.4, 0.5) is 5.69 Å². The Bertz CT molecular complexity index is 1540. The zero-order chi connectivity index (χ0) is 26.1. The lowest BCUT2D eigenvalue weighted by molar-refractivity contribution is 0.348. The van der Waals surface area contributed by atoms with Gasteiger partial charge in [-0.3, -0.25) is 5.10 Å². The molecule has 7 heteroatoms. The van der Waals surface area contributed by atoms with E-state index in [1.807, 2.05) is 24.5 Å². The number of aromatic nitrogens is 4. The number of imidazole rings is 1. The Kier molecular flexibility index (Phi) is 6.29. The molecule has 2 aliphatic rings. The molecule has 0 amide bonds. The molecule has 2 aliphatic heterocycles. The van der Waals surface area contributed by atoms with E-state index in [0.717, 1.165) is 78.5 Å². The summed E-state index contributed by atoms with van der Waals surface area (Å²) in [6.07, 6.45) is 9.62. The number of aromatic amines is 2. The highest BCUT2D eigenvalue weighted by atomic mass is 16.5. The Balaban J connectivity index is 1.18. The molecule has 39 heavy (non-hydrogen) atoms. The minimum atomic E-state index is -0.164. The summed E-state index contributed by atoms with van der Waals surface area (Å²) in [5.74, 6) is 2.71. The molecule has 5 aromatic rings. The smallest absolute Gasteiger partial charge is 0.129 e. The summed E-state index contributed by atoms with van der Waals surface area (Å²) < 4.78 is 6.34. The van der Waals surface area contributed by atoms with Gasteiger partial charge in [0.1, 0.15) is 17.3 Å². The molecule has 0 bridgehead atoms. The minimum Gasteiger partial charge on any atom is -0.457 e. The third kappa shape index (κ3) is 4.68. The second-order valence-electron chi connectivity index (χ2n) is 10.8. The maximum atomic E-state index is 6.34. The summed E-state index contributed by atoms with van der Waals surface area (Å²) in [6.45, 7) is 4.16. The number of piperidine rings is 2. The highest BCUT2D eigenvalue weighted by molar-refractivity contribution is 5.77. The third-order valence-corrected chi connectivity index (χ3v) is 8.41. The van der Waals surface area contributed by atoms with Crippen molar-refractivity contribution >= 4 is 16.7 Å². The molecule has 198 valence electrons. The van der Waals surface area contributed by atoms with Crippen molar-refractivity contribution in [3.05, 3.63) is 90.5 Å². The van der Waals surface area contributed by atoms with Crippen LogP contribution in [0.3, 0.4) is 0 Å². The number of nitrogens with one attached hydrogen (secondary N) is 3. The van der Waals surface area contributed by atoms with E-state index in [-0.39, 0.29) is 5.41 Å². The molecule has 0 atom stereocenters. The fourth-order valence-electron chi connectivity index (χ4n) is 6.22. The minimum absolute atomic E-state index is 0.164. The SMILES string of the molecule is c1cc(Oc2ccc3nc(C4(c5ccc(-c6cn[nH]c6)cc5)CCNCC4)[nH]c3c2)cc(N2CCCCC2)c1. The molecular weight excluding hydrogens is 484 g/mol. The van der Waals surface area contributed by atoms with E-state index in [0.29, 0.717) is 0 Å². The van der Waals surface area contributed by atoms with Gasteiger partial charge in [-0.1, -0.05) is 30.3 Å². The van der Waals surface area contributed by atoms with Gasteiger partial charge >= 0.3 is 0 Å². The Morgan fingerprint density at radius 1 is 0.821 bits per heavy atom. The average Bonchev–Trinajstić information content (AvgIpc) is 3.69. The maximum Gasteiger partial charge on any atom is 0.129 e. The predicted octanol–water partition coefficient (Wildman–Crippen LogP) is 6.41. The summed E-state index contributed by atoms with van der Waals surface area (Å²) >= 11 is 0. The molecule has 2 saturated heterocycles. The van der Waals surface area contributed by atoms with Gasteiger partial charge in [0.05, 0.1) is 22.6 Å². The van der Waals surface area contributed by atoms with Gasteiger partial charge in [0.2, 0.25) is 0 Å². The number of fused-ring (bicyclic) bond motifs is 1. The Morgan fingerprint density at radius 2 is 1.64 bits per heavy atom. The van der Waals surface area contributed by atoms with E-state index >= 15 is 0 Å². The monoisotopic (exact) mass is 518 g/mol. The van der Waals surface area contributed by atoms with Gasteiger partial charge in [0, 0.05) is 42.7 Å². The highest BCUT2D eigenvalue weighted by Gasteiger charge is 2.38. The lowest BCUT2D eigenvalue weighted by atomic mass is 9.72. The van der Waals surface area contributed by atoms with E-state index in [1.165, 1.54) is 30.5 Å². The van der Waals surface area contributed by atoms with Crippen molar-refractivity contribution in [3.63, 3.8) is 0 Å². The first-order chi connectivity index (χ1) is 19.3. The zero-order valence-corrected chi connectivity index (χ0v) is 22.1. The predicted molar refractivity (Wildman–Crippen MR) is 156 cm³/mol. The van der Waals surface area contributed by atoms with Crippen LogP contribution in [-0.4, -0.2) is 46.3 Å². The normalized spacial score (nSPS) is 17.4. The molecule has 0 aliphatic carbocycles. The Labute approximate surface area is 228 Å². The van der Waals surface area contributed by atoms with Crippen LogP contribution >= 0.6 is 0 Å². The van der Waals surface area contributed by atoms with Crippen LogP contribution < -0.4 is 15.0 Å². The molecule has 4 heterocycles. The number of H-pyrrole nitrogens is 2. The van der Waals surface area contributed by atoms with Gasteiger partial charge in [-0.25, -0.2) is 4.98 Å². The molecule has 0 saturated carbocycles. The zero-order valence-electron chi connectivity index (χ0n) is 22.1. The lowest BCUT2D eigenvalue weighted by Crippen LogP contribution is -2.41. The van der Waals surface area contributed by atoms with Gasteiger partial charge in [0.25, 0.3) is 0 Å². The summed E-state index contributed by atoms with van der Waals surface area (Å²) in [7, 11) is 0. The van der Waals surface area contributed by atoms with Crippen LogP contribution in [0.1, 0.15) is 43.5 Å². The largest absolute Gasteiger partial charge is 0.457 e. The number of hydrogen-bond acceptors (Lipinski definition) is 5. The van der Waals surface area contributed by atoms with Crippen molar-refractivity contribution in [1.82, 2.24) is 25.5 Å². The lowest BCUT2D eigenvalue weighted by Gasteiger charge is -2.36. The van der Waals surface area contributed by atoms with E-state index in [4.69, 9.17) is 9.72 Å². The second kappa shape index (κ2) is 10.2. The second-order valence-corrected chi connectivity index (χ2v) is 10.8. The quantitative estimate of drug-likeness (QED) is 0.242. The summed E-state index contributed by atoms with van der Waals surface area (Å²) in [5, 5.41) is 10.5. The molecule has 0 unspecified atom stereocenters. The summed E-state index contributed by atoms with van der Waals surface area (Å²) in [6, 6.07) is 23.5. The van der Waals surface area contributed by atoms with Crippen molar-refractivity contribution in [3.8, 4) is 22.6 Å². The third-order valence-electron chi connectivity index (χ3n) is 8.41. The average molecular weight is 519 g/mol. The Morgan fingerprint density at radius 3 is 2.44 bits per heavy atom. The van der Waals surface area contributed by atoms with Gasteiger partial charge in [-0.05, 0) is 80.6 Å². The molecule has 3 aromatic carbocycles. The van der Waals surface area contributed by atoms with E-state index in [9.17, 15) is 0 Å². The van der Waals surface area contributed by atoms with Crippen molar-refractivity contribution in [2.24, 2.45) is 0 Å². The Hall–Kier alpha value is -4.10. The van der Waals surface area contributed by atoms with Crippen LogP contribution in [0, 0.1) is 0 Å². The molecule has 7 rings (SSSR count). The van der Waals surface area contributed by atoms with Crippen molar-refractivity contribution < 1.29 is 4.74 Å². The summed E-state index contributed by atoms with van der Waals surface area (Å²) in [5.41, 5.74) is 6.59. The number of rotatable bonds is 6. The van der Waals surface area contributed by atoms with E-state index in [1.54, 1.807) is 0 Å². The van der Waals surface area contributed by atoms with Crippen molar-refractivity contribution in [1.29, 1.82) is 0 Å². The molecule has 0 spiro atoms. The first-order valence-electron chi connectivity index (χ1n) is 14.1. The topological polar surface area (TPSA) is 81.9 Å². The van der Waals surface area contributed by atoms with Crippen molar-refractivity contribution in [2.75, 3.05) is 31.1 Å². The maximum absolute atomic E-state index is 6.34. The van der Waals surface area contributed by atoms with Crippen LogP contribution in [0.5, 0.6) is 11.5 Å². The van der Waals surface area contributed by atoms with Crippen LogP contribution in [0.2, 0.25) is 0 Å². The standard InChI is InChI=1S/C32H34N6O/c1-2-17-38(18-3-1)26-5-4-6-27(19-26)39-28-11-12-29-30(20-28)37-31(36-29)32(13-15-33-16-14-32)25-9-7-23(8-10-25)24-21-34-35-22-24/h4-12,19-22,33H,1-3,13-18H2,(H,34,35)(H,36,37). The molecular formula is C32H34N6O. The number of benzene rings is 3. The molecule has 3 N–H and O–H groups in total.